The molecule has 0 saturated heterocycles. The first kappa shape index (κ1) is 16.7. The number of ether oxygens (including phenoxy) is 1. The molecule has 1 aliphatic rings. The molecule has 1 aliphatic carbocycles. The summed E-state index contributed by atoms with van der Waals surface area (Å²) in [6, 6.07) is 8.90. The van der Waals surface area contributed by atoms with Gasteiger partial charge in [-0.2, -0.15) is 5.10 Å². The fourth-order valence-corrected chi connectivity index (χ4v) is 3.70. The average Bonchev–Trinajstić information content (AvgIpc) is 3.34. The van der Waals surface area contributed by atoms with E-state index >= 15 is 0 Å². The maximum absolute atomic E-state index is 12.7. The van der Waals surface area contributed by atoms with Gasteiger partial charge in [0.1, 0.15) is 5.58 Å². The van der Waals surface area contributed by atoms with E-state index in [2.05, 4.69) is 10.4 Å². The van der Waals surface area contributed by atoms with Gasteiger partial charge in [0.25, 0.3) is 5.91 Å². The van der Waals surface area contributed by atoms with Crippen molar-refractivity contribution in [1.29, 1.82) is 0 Å². The summed E-state index contributed by atoms with van der Waals surface area (Å²) in [7, 11) is 1.51. The van der Waals surface area contributed by atoms with Crippen LogP contribution in [0, 0.1) is 5.92 Å². The van der Waals surface area contributed by atoms with E-state index < -0.39 is 6.10 Å². The minimum Gasteiger partial charge on any atom is -0.492 e. The summed E-state index contributed by atoms with van der Waals surface area (Å²) in [6.07, 6.45) is 4.36. The molecule has 1 amide bonds. The largest absolute Gasteiger partial charge is 0.492 e. The molecule has 0 bridgehead atoms. The van der Waals surface area contributed by atoms with Crippen molar-refractivity contribution in [2.45, 2.75) is 31.5 Å². The third-order valence-electron chi connectivity index (χ3n) is 4.91. The number of carbonyl (C=O) groups excluding carboxylic acids is 1. The quantitative estimate of drug-likeness (QED) is 0.732. The molecule has 2 aromatic heterocycles. The van der Waals surface area contributed by atoms with Gasteiger partial charge < -0.3 is 19.6 Å². The first-order chi connectivity index (χ1) is 12.7. The number of rotatable bonds is 5. The molecule has 3 aromatic rings. The van der Waals surface area contributed by atoms with Gasteiger partial charge in [-0.05, 0) is 37.0 Å². The average molecular weight is 355 g/mol. The first-order valence-corrected chi connectivity index (χ1v) is 8.67. The van der Waals surface area contributed by atoms with Crippen molar-refractivity contribution in [3.8, 4) is 5.75 Å². The van der Waals surface area contributed by atoms with Crippen molar-refractivity contribution in [3.05, 3.63) is 48.5 Å². The molecule has 2 N–H and O–H groups in total. The highest BCUT2D eigenvalue weighted by Gasteiger charge is 2.35. The summed E-state index contributed by atoms with van der Waals surface area (Å²) in [4.78, 5) is 12.7. The maximum Gasteiger partial charge on any atom is 0.291 e. The molecular formula is C19H21N3O4. The zero-order valence-corrected chi connectivity index (χ0v) is 14.5. The van der Waals surface area contributed by atoms with Crippen LogP contribution in [0.2, 0.25) is 0 Å². The van der Waals surface area contributed by atoms with E-state index in [0.717, 1.165) is 11.9 Å². The molecule has 7 nitrogen and oxygen atoms in total. The Morgan fingerprint density at radius 2 is 2.23 bits per heavy atom. The Bertz CT molecular complexity index is 903. The van der Waals surface area contributed by atoms with Gasteiger partial charge in [0.05, 0.1) is 24.6 Å². The molecule has 2 heterocycles. The van der Waals surface area contributed by atoms with Crippen LogP contribution in [-0.4, -0.2) is 40.0 Å². The van der Waals surface area contributed by atoms with E-state index in [1.807, 2.05) is 35.1 Å². The van der Waals surface area contributed by atoms with Gasteiger partial charge in [-0.3, -0.25) is 9.48 Å². The van der Waals surface area contributed by atoms with Crippen LogP contribution in [0.15, 0.2) is 47.1 Å². The zero-order valence-electron chi connectivity index (χ0n) is 14.5. The summed E-state index contributed by atoms with van der Waals surface area (Å²) in [5, 5.41) is 18.2. The monoisotopic (exact) mass is 355 g/mol. The SMILES string of the molecule is COc1c(C(=O)N[C@@H]2CC(Cn3cccn3)C[C@H]2O)oc2ccccc12. The number of methoxy groups -OCH3 is 1. The van der Waals surface area contributed by atoms with Crippen molar-refractivity contribution in [1.82, 2.24) is 15.1 Å². The normalized spacial score (nSPS) is 22.6. The number of nitrogens with zero attached hydrogens (tertiary/aromatic N) is 2. The molecule has 136 valence electrons. The van der Waals surface area contributed by atoms with Crippen molar-refractivity contribution in [3.63, 3.8) is 0 Å². The van der Waals surface area contributed by atoms with Crippen LogP contribution in [0.1, 0.15) is 23.4 Å². The van der Waals surface area contributed by atoms with Crippen molar-refractivity contribution >= 4 is 16.9 Å². The predicted octanol–water partition coefficient (Wildman–Crippen LogP) is 2.21. The fourth-order valence-electron chi connectivity index (χ4n) is 3.70. The van der Waals surface area contributed by atoms with E-state index in [-0.39, 0.29) is 23.6 Å². The molecule has 4 rings (SSSR count). The molecule has 26 heavy (non-hydrogen) atoms. The molecule has 1 saturated carbocycles. The molecule has 0 aliphatic heterocycles. The van der Waals surface area contributed by atoms with Gasteiger partial charge in [-0.25, -0.2) is 0 Å². The van der Waals surface area contributed by atoms with Gasteiger partial charge >= 0.3 is 0 Å². The summed E-state index contributed by atoms with van der Waals surface area (Å²) >= 11 is 0. The van der Waals surface area contributed by atoms with E-state index in [4.69, 9.17) is 9.15 Å². The zero-order chi connectivity index (χ0) is 18.1. The molecule has 7 heteroatoms. The van der Waals surface area contributed by atoms with Gasteiger partial charge in [0.15, 0.2) is 5.75 Å². The third-order valence-corrected chi connectivity index (χ3v) is 4.91. The highest BCUT2D eigenvalue weighted by Crippen LogP contribution is 2.33. The van der Waals surface area contributed by atoms with Crippen LogP contribution in [0.5, 0.6) is 5.75 Å². The number of aliphatic hydroxyl groups is 1. The van der Waals surface area contributed by atoms with Crippen LogP contribution in [0.4, 0.5) is 0 Å². The number of nitrogens with one attached hydrogen (secondary N) is 1. The molecule has 3 atom stereocenters. The summed E-state index contributed by atoms with van der Waals surface area (Å²) in [5.74, 6) is 0.435. The number of amides is 1. The lowest BCUT2D eigenvalue weighted by Crippen LogP contribution is -2.39. The Hall–Kier alpha value is -2.80. The Labute approximate surface area is 150 Å². The van der Waals surface area contributed by atoms with E-state index in [1.54, 1.807) is 12.3 Å². The molecule has 0 spiro atoms. The number of para-hydroxylation sites is 1. The second-order valence-electron chi connectivity index (χ2n) is 6.67. The molecular weight excluding hydrogens is 334 g/mol. The van der Waals surface area contributed by atoms with Crippen LogP contribution in [0.3, 0.4) is 0 Å². The number of hydrogen-bond donors (Lipinski definition) is 2. The van der Waals surface area contributed by atoms with Crippen LogP contribution in [0.25, 0.3) is 11.0 Å². The fraction of sp³-hybridized carbons (Fsp3) is 0.368. The number of furan rings is 1. The number of aliphatic hydroxyl groups excluding tert-OH is 1. The topological polar surface area (TPSA) is 89.5 Å². The first-order valence-electron chi connectivity index (χ1n) is 8.67. The second-order valence-corrected chi connectivity index (χ2v) is 6.67. The Kier molecular flexibility index (Phi) is 4.38. The lowest BCUT2D eigenvalue weighted by Gasteiger charge is -2.15. The van der Waals surface area contributed by atoms with E-state index in [1.165, 1.54) is 7.11 Å². The highest BCUT2D eigenvalue weighted by atomic mass is 16.5. The Morgan fingerprint density at radius 3 is 3.00 bits per heavy atom. The van der Waals surface area contributed by atoms with Crippen LogP contribution >= 0.6 is 0 Å². The minimum atomic E-state index is -0.588. The van der Waals surface area contributed by atoms with E-state index in [9.17, 15) is 9.90 Å². The maximum atomic E-state index is 12.7. The summed E-state index contributed by atoms with van der Waals surface area (Å²) in [5.41, 5.74) is 0.595. The standard InChI is InChI=1S/C19H21N3O4/c1-25-17-13-5-2-3-6-16(13)26-18(17)19(24)21-14-9-12(10-15(14)23)11-22-8-4-7-20-22/h2-8,12,14-15,23H,9-11H2,1H3,(H,21,24)/t12?,14-,15-/m1/s1. The molecule has 0 radical (unpaired) electrons. The Morgan fingerprint density at radius 1 is 1.38 bits per heavy atom. The van der Waals surface area contributed by atoms with Crippen LogP contribution < -0.4 is 10.1 Å². The number of benzene rings is 1. The van der Waals surface area contributed by atoms with Crippen molar-refractivity contribution in [2.75, 3.05) is 7.11 Å². The van der Waals surface area contributed by atoms with Crippen molar-refractivity contribution < 1.29 is 19.1 Å². The van der Waals surface area contributed by atoms with Gasteiger partial charge in [0.2, 0.25) is 5.76 Å². The Balaban J connectivity index is 1.48. The smallest absolute Gasteiger partial charge is 0.291 e. The molecule has 1 aromatic carbocycles. The number of fused-ring (bicyclic) bond motifs is 1. The van der Waals surface area contributed by atoms with Gasteiger partial charge in [-0.1, -0.05) is 12.1 Å². The predicted molar refractivity (Wildman–Crippen MR) is 95.0 cm³/mol. The second kappa shape index (κ2) is 6.84. The van der Waals surface area contributed by atoms with Gasteiger partial charge in [-0.15, -0.1) is 0 Å². The highest BCUT2D eigenvalue weighted by molar-refractivity contribution is 6.01. The summed E-state index contributed by atoms with van der Waals surface area (Å²) < 4.78 is 12.9. The van der Waals surface area contributed by atoms with E-state index in [0.29, 0.717) is 24.2 Å². The molecule has 1 unspecified atom stereocenters. The van der Waals surface area contributed by atoms with Gasteiger partial charge in [0, 0.05) is 18.9 Å². The summed E-state index contributed by atoms with van der Waals surface area (Å²) in [6.45, 7) is 0.727. The number of hydrogen-bond acceptors (Lipinski definition) is 5. The number of carbonyl (C=O) groups is 1. The third kappa shape index (κ3) is 3.06. The number of aromatic nitrogens is 2. The molecule has 1 fully saturated rings. The lowest BCUT2D eigenvalue weighted by atomic mass is 10.1. The minimum absolute atomic E-state index is 0.136. The van der Waals surface area contributed by atoms with Crippen molar-refractivity contribution in [2.24, 2.45) is 5.92 Å². The van der Waals surface area contributed by atoms with Crippen LogP contribution in [-0.2, 0) is 6.54 Å². The lowest BCUT2D eigenvalue weighted by molar-refractivity contribution is 0.0844.